The Morgan fingerprint density at radius 1 is 0.590 bits per heavy atom. The first-order valence-electron chi connectivity index (χ1n) is 21.1. The quantitative estimate of drug-likeness (QED) is 0.0920. The van der Waals surface area contributed by atoms with Gasteiger partial charge in [0.15, 0.2) is 0 Å². The summed E-state index contributed by atoms with van der Waals surface area (Å²) in [5.74, 6) is 0. The predicted molar refractivity (Wildman–Crippen MR) is 264 cm³/mol. The van der Waals surface area contributed by atoms with Crippen LogP contribution in [-0.2, 0) is 0 Å². The second kappa shape index (κ2) is 17.4. The molecule has 0 atom stereocenters. The zero-order valence-corrected chi connectivity index (χ0v) is 35.1. The Labute approximate surface area is 359 Å². The number of hydrogen-bond donors (Lipinski definition) is 0. The van der Waals surface area contributed by atoms with Crippen LogP contribution in [0.4, 0.5) is 0 Å². The number of benzene rings is 6. The summed E-state index contributed by atoms with van der Waals surface area (Å²) in [4.78, 5) is 4.90. The largest absolute Gasteiger partial charge is 0.310 e. The van der Waals surface area contributed by atoms with E-state index in [4.69, 9.17) is 4.99 Å². The van der Waals surface area contributed by atoms with Crippen LogP contribution in [0.5, 0.6) is 0 Å². The summed E-state index contributed by atoms with van der Waals surface area (Å²) in [7, 11) is 0. The number of rotatable bonds is 11. The summed E-state index contributed by atoms with van der Waals surface area (Å²) in [5, 5.41) is 3.68. The van der Waals surface area contributed by atoms with Crippen LogP contribution in [0, 0.1) is 0 Å². The molecule has 0 spiro atoms. The van der Waals surface area contributed by atoms with Crippen LogP contribution in [0.3, 0.4) is 0 Å². The first-order valence-corrected chi connectivity index (χ1v) is 21.1. The Kier molecular flexibility index (Phi) is 11.1. The highest BCUT2D eigenvalue weighted by Crippen LogP contribution is 2.37. The molecular formula is C58H49N3. The smallest absolute Gasteiger partial charge is 0.0547 e. The van der Waals surface area contributed by atoms with E-state index >= 15 is 0 Å². The van der Waals surface area contributed by atoms with E-state index in [9.17, 15) is 0 Å². The molecule has 2 aromatic heterocycles. The number of aliphatic imine (C=N–C) groups is 1. The molecule has 0 unspecified atom stereocenters. The molecule has 0 N–H and O–H groups in total. The third kappa shape index (κ3) is 8.11. The lowest BCUT2D eigenvalue weighted by Gasteiger charge is -2.13. The highest BCUT2D eigenvalue weighted by atomic mass is 15.0. The van der Waals surface area contributed by atoms with Crippen molar-refractivity contribution in [2.45, 2.75) is 33.6 Å². The fraction of sp³-hybridized carbons (Fsp3) is 0.0862. The van der Waals surface area contributed by atoms with Crippen LogP contribution in [0.1, 0.15) is 44.9 Å². The number of allylic oxidation sites excluding steroid dienone is 11. The molecule has 8 aromatic rings. The molecule has 1 aliphatic rings. The van der Waals surface area contributed by atoms with Gasteiger partial charge in [0, 0.05) is 44.6 Å². The Bertz CT molecular complexity index is 3180. The number of nitrogens with zero attached hydrogens (tertiary/aromatic N) is 3. The van der Waals surface area contributed by atoms with Gasteiger partial charge in [0.25, 0.3) is 0 Å². The first kappa shape index (κ1) is 39.0. The van der Waals surface area contributed by atoms with Gasteiger partial charge >= 0.3 is 0 Å². The number of hydrogen-bond acceptors (Lipinski definition) is 1. The van der Waals surface area contributed by atoms with Gasteiger partial charge in [0.05, 0.1) is 16.6 Å². The average molecular weight is 788 g/mol. The number of aromatic nitrogens is 2. The molecule has 0 amide bonds. The lowest BCUT2D eigenvalue weighted by molar-refractivity contribution is 0.999. The monoisotopic (exact) mass is 787 g/mol. The molecule has 0 fully saturated rings. The van der Waals surface area contributed by atoms with Crippen molar-refractivity contribution in [1.29, 1.82) is 0 Å². The van der Waals surface area contributed by atoms with Crippen LogP contribution in [0.2, 0.25) is 0 Å². The topological polar surface area (TPSA) is 22.2 Å². The summed E-state index contributed by atoms with van der Waals surface area (Å²) in [6.07, 6.45) is 23.1. The second-order valence-electron chi connectivity index (χ2n) is 15.7. The summed E-state index contributed by atoms with van der Waals surface area (Å²) in [5.41, 5.74) is 17.3. The normalized spacial score (nSPS) is 14.0. The van der Waals surface area contributed by atoms with Crippen molar-refractivity contribution in [3.8, 4) is 33.6 Å². The molecule has 0 bridgehead atoms. The number of fused-ring (bicyclic) bond motifs is 4. The van der Waals surface area contributed by atoms with Gasteiger partial charge in [-0.15, -0.1) is 0 Å². The lowest BCUT2D eigenvalue weighted by atomic mass is 10.0. The molecule has 296 valence electrons. The van der Waals surface area contributed by atoms with E-state index in [-0.39, 0.29) is 0 Å². The minimum atomic E-state index is 1.04. The first-order chi connectivity index (χ1) is 29.9. The molecule has 1 aliphatic carbocycles. The average Bonchev–Trinajstić information content (AvgIpc) is 3.85. The molecule has 61 heavy (non-hydrogen) atoms. The minimum Gasteiger partial charge on any atom is -0.310 e. The van der Waals surface area contributed by atoms with Gasteiger partial charge in [-0.1, -0.05) is 152 Å². The van der Waals surface area contributed by atoms with E-state index < -0.39 is 0 Å². The Hall–Kier alpha value is -7.49. The third-order valence-corrected chi connectivity index (χ3v) is 11.7. The van der Waals surface area contributed by atoms with Crippen molar-refractivity contribution < 1.29 is 0 Å². The highest BCUT2D eigenvalue weighted by molar-refractivity contribution is 6.10. The maximum Gasteiger partial charge on any atom is 0.0547 e. The van der Waals surface area contributed by atoms with Crippen molar-refractivity contribution in [3.05, 3.63) is 229 Å². The van der Waals surface area contributed by atoms with Crippen LogP contribution >= 0.6 is 0 Å². The third-order valence-electron chi connectivity index (χ3n) is 11.7. The number of para-hydroxylation sites is 2. The summed E-state index contributed by atoms with van der Waals surface area (Å²) < 4.78 is 4.74. The Balaban J connectivity index is 1.03. The van der Waals surface area contributed by atoms with Crippen molar-refractivity contribution >= 4 is 50.6 Å². The minimum absolute atomic E-state index is 1.04. The fourth-order valence-corrected chi connectivity index (χ4v) is 8.46. The van der Waals surface area contributed by atoms with Crippen LogP contribution in [0.15, 0.2) is 223 Å². The maximum atomic E-state index is 4.90. The van der Waals surface area contributed by atoms with Crippen molar-refractivity contribution in [2.75, 3.05) is 0 Å². The summed E-state index contributed by atoms with van der Waals surface area (Å²) >= 11 is 0. The van der Waals surface area contributed by atoms with Crippen LogP contribution < -0.4 is 0 Å². The van der Waals surface area contributed by atoms with Crippen LogP contribution in [-0.4, -0.2) is 14.8 Å². The summed E-state index contributed by atoms with van der Waals surface area (Å²) in [6.45, 7) is 10.2. The summed E-state index contributed by atoms with van der Waals surface area (Å²) in [6, 6.07) is 53.0. The van der Waals surface area contributed by atoms with Crippen molar-refractivity contribution in [3.63, 3.8) is 0 Å². The molecule has 6 aromatic carbocycles. The Morgan fingerprint density at radius 2 is 1.28 bits per heavy atom. The van der Waals surface area contributed by atoms with E-state index in [0.29, 0.717) is 0 Å². The molecule has 0 saturated heterocycles. The van der Waals surface area contributed by atoms with E-state index in [2.05, 4.69) is 231 Å². The van der Waals surface area contributed by atoms with Gasteiger partial charge in [0.1, 0.15) is 0 Å². The molecular weight excluding hydrogens is 739 g/mol. The standard InChI is InChI=1S/C58H49N3/c1-5-6-28-51-39-50-24-12-14-32-56(50)60(51)52-29-17-27-48(37-52)49-34-35-55-54-31-13-15-33-57(54)61(58(55)40-49)53-30-18-26-47(38-53)46-25-16-21-44(36-46)20-11-10-19-41(2)42(3)59-43(4)45-22-8-7-9-23-45/h5-8,10-22,24-40H,1,9,23H2,2-4H3/b19-10-,20-11+,28-6-,42-41+,59-43?. The highest BCUT2D eigenvalue weighted by Gasteiger charge is 2.15. The molecule has 2 heterocycles. The molecule has 0 saturated carbocycles. The molecule has 0 aliphatic heterocycles. The fourth-order valence-electron chi connectivity index (χ4n) is 8.46. The predicted octanol–water partition coefficient (Wildman–Crippen LogP) is 15.9. The van der Waals surface area contributed by atoms with E-state index in [1.165, 1.54) is 55.0 Å². The SMILES string of the molecule is C=C/C=C\c1cc2ccccc2n1-c1cccc(-c2ccc3c4ccccc4n(-c4cccc(-c5cccc(/C=C/C=C\C(C)=C(/C)N=C(C)C6=CC=CCC6)c5)c4)c3c2)c1. The van der Waals surface area contributed by atoms with E-state index in [1.807, 2.05) is 12.2 Å². The van der Waals surface area contributed by atoms with Gasteiger partial charge in [-0.25, -0.2) is 0 Å². The van der Waals surface area contributed by atoms with Crippen molar-refractivity contribution in [1.82, 2.24) is 9.13 Å². The van der Waals surface area contributed by atoms with Gasteiger partial charge in [-0.2, -0.15) is 0 Å². The maximum absolute atomic E-state index is 4.90. The zero-order valence-electron chi connectivity index (χ0n) is 35.1. The van der Waals surface area contributed by atoms with Gasteiger partial charge in [-0.05, 0) is 133 Å². The lowest BCUT2D eigenvalue weighted by Crippen LogP contribution is -2.00. The molecule has 3 heteroatoms. The van der Waals surface area contributed by atoms with E-state index in [1.54, 1.807) is 0 Å². The molecule has 0 radical (unpaired) electrons. The zero-order chi connectivity index (χ0) is 41.7. The second-order valence-corrected chi connectivity index (χ2v) is 15.7. The van der Waals surface area contributed by atoms with Crippen molar-refractivity contribution in [2.24, 2.45) is 4.99 Å². The molecule has 9 rings (SSSR count). The van der Waals surface area contributed by atoms with Gasteiger partial charge < -0.3 is 9.13 Å². The van der Waals surface area contributed by atoms with Gasteiger partial charge in [0.2, 0.25) is 0 Å². The van der Waals surface area contributed by atoms with Gasteiger partial charge in [-0.3, -0.25) is 4.99 Å². The van der Waals surface area contributed by atoms with E-state index in [0.717, 1.165) is 58.0 Å². The van der Waals surface area contributed by atoms with Crippen LogP contribution in [0.25, 0.3) is 78.5 Å². The molecule has 3 nitrogen and oxygen atoms in total. The Morgan fingerprint density at radius 3 is 2.05 bits per heavy atom.